The summed E-state index contributed by atoms with van der Waals surface area (Å²) in [7, 11) is 0. The van der Waals surface area contributed by atoms with Gasteiger partial charge in [-0.1, -0.05) is 11.6 Å². The highest BCUT2D eigenvalue weighted by atomic mass is 35.5. The Kier molecular flexibility index (Phi) is 2.29. The fourth-order valence-electron chi connectivity index (χ4n) is 1.80. The summed E-state index contributed by atoms with van der Waals surface area (Å²) in [5.74, 6) is 6.22. The smallest absolute Gasteiger partial charge is 0.148 e. The lowest BCUT2D eigenvalue weighted by Crippen LogP contribution is -2.10. The lowest BCUT2D eigenvalue weighted by molar-refractivity contribution is 0.255. The minimum absolute atomic E-state index is 0.177. The standard InChI is InChI=1S/C10H13ClN2O/c1-5-3-8(13-12)10-7(9(5)11)4-6(2)14-10/h3,6,13H,4,12H2,1-2H3. The van der Waals surface area contributed by atoms with Gasteiger partial charge < -0.3 is 10.2 Å². The van der Waals surface area contributed by atoms with Crippen molar-refractivity contribution in [2.75, 3.05) is 5.43 Å². The highest BCUT2D eigenvalue weighted by Crippen LogP contribution is 2.41. The summed E-state index contributed by atoms with van der Waals surface area (Å²) in [6.45, 7) is 3.98. The fraction of sp³-hybridized carbons (Fsp3) is 0.400. The second-order valence-electron chi connectivity index (χ2n) is 3.64. The number of halogens is 1. The van der Waals surface area contributed by atoms with Crippen molar-refractivity contribution in [1.29, 1.82) is 0 Å². The van der Waals surface area contributed by atoms with Crippen LogP contribution in [0.3, 0.4) is 0 Å². The van der Waals surface area contributed by atoms with Crippen LogP contribution in [0.2, 0.25) is 5.02 Å². The van der Waals surface area contributed by atoms with Gasteiger partial charge in [0, 0.05) is 12.0 Å². The molecule has 1 aliphatic heterocycles. The Balaban J connectivity index is 2.60. The van der Waals surface area contributed by atoms with E-state index in [9.17, 15) is 0 Å². The number of aryl methyl sites for hydroxylation is 1. The number of rotatable bonds is 1. The van der Waals surface area contributed by atoms with Crippen molar-refractivity contribution in [3.05, 3.63) is 22.2 Å². The Bertz CT molecular complexity index is 379. The molecule has 0 saturated heterocycles. The third-order valence-corrected chi connectivity index (χ3v) is 2.98. The molecule has 0 aromatic heterocycles. The third kappa shape index (κ3) is 1.33. The molecule has 2 rings (SSSR count). The molecule has 4 heteroatoms. The van der Waals surface area contributed by atoms with Crippen LogP contribution in [0.1, 0.15) is 18.1 Å². The Morgan fingerprint density at radius 3 is 3.00 bits per heavy atom. The average molecular weight is 213 g/mol. The van der Waals surface area contributed by atoms with E-state index in [4.69, 9.17) is 22.2 Å². The number of hydrogen-bond acceptors (Lipinski definition) is 3. The zero-order chi connectivity index (χ0) is 10.3. The molecule has 3 N–H and O–H groups in total. The average Bonchev–Trinajstić information content (AvgIpc) is 2.54. The maximum Gasteiger partial charge on any atom is 0.148 e. The summed E-state index contributed by atoms with van der Waals surface area (Å²) in [5, 5.41) is 0.795. The van der Waals surface area contributed by atoms with Crippen molar-refractivity contribution < 1.29 is 4.74 Å². The molecule has 1 aromatic rings. The summed E-state index contributed by atoms with van der Waals surface area (Å²) in [6.07, 6.45) is 1.03. The minimum atomic E-state index is 0.177. The molecule has 0 fully saturated rings. The lowest BCUT2D eigenvalue weighted by atomic mass is 10.1. The summed E-state index contributed by atoms with van der Waals surface area (Å²) in [5.41, 5.74) is 5.53. The van der Waals surface area contributed by atoms with Crippen molar-refractivity contribution in [2.24, 2.45) is 5.84 Å². The predicted octanol–water partition coefficient (Wildman–Crippen LogP) is 2.26. The number of nitrogens with one attached hydrogen (secondary N) is 1. The van der Waals surface area contributed by atoms with Gasteiger partial charge in [0.05, 0.1) is 10.7 Å². The van der Waals surface area contributed by atoms with Gasteiger partial charge in [-0.15, -0.1) is 0 Å². The van der Waals surface area contributed by atoms with Crippen LogP contribution >= 0.6 is 11.6 Å². The number of benzene rings is 1. The highest BCUT2D eigenvalue weighted by molar-refractivity contribution is 6.32. The molecular formula is C10H13ClN2O. The second kappa shape index (κ2) is 3.33. The van der Waals surface area contributed by atoms with E-state index in [2.05, 4.69) is 5.43 Å². The fourth-order valence-corrected chi connectivity index (χ4v) is 2.02. The highest BCUT2D eigenvalue weighted by Gasteiger charge is 2.25. The first kappa shape index (κ1) is 9.62. The number of nitrogens with two attached hydrogens (primary N) is 1. The second-order valence-corrected chi connectivity index (χ2v) is 4.02. The number of fused-ring (bicyclic) bond motifs is 1. The molecule has 1 heterocycles. The van der Waals surface area contributed by atoms with Gasteiger partial charge in [-0.25, -0.2) is 0 Å². The SMILES string of the molecule is Cc1cc(NN)c2c(c1Cl)CC(C)O2. The first-order chi connectivity index (χ1) is 6.63. The van der Waals surface area contributed by atoms with Gasteiger partial charge in [-0.2, -0.15) is 0 Å². The van der Waals surface area contributed by atoms with Crippen molar-refractivity contribution in [1.82, 2.24) is 0 Å². The van der Waals surface area contributed by atoms with Crippen LogP contribution in [0.25, 0.3) is 0 Å². The van der Waals surface area contributed by atoms with E-state index in [0.717, 1.165) is 34.0 Å². The van der Waals surface area contributed by atoms with E-state index in [1.165, 1.54) is 0 Å². The molecule has 76 valence electrons. The van der Waals surface area contributed by atoms with E-state index in [1.54, 1.807) is 0 Å². The number of nitrogen functional groups attached to an aromatic ring is 1. The number of hydrazine groups is 1. The van der Waals surface area contributed by atoms with Gasteiger partial charge in [0.1, 0.15) is 11.9 Å². The largest absolute Gasteiger partial charge is 0.488 e. The topological polar surface area (TPSA) is 47.3 Å². The molecule has 1 aromatic carbocycles. The summed E-state index contributed by atoms with van der Waals surface area (Å²) >= 11 is 6.18. The van der Waals surface area contributed by atoms with E-state index in [1.807, 2.05) is 19.9 Å². The van der Waals surface area contributed by atoms with E-state index < -0.39 is 0 Å². The zero-order valence-electron chi connectivity index (χ0n) is 8.23. The number of hydrogen-bond donors (Lipinski definition) is 2. The normalized spacial score (nSPS) is 19.0. The van der Waals surface area contributed by atoms with Crippen LogP contribution < -0.4 is 16.0 Å². The maximum absolute atomic E-state index is 6.18. The molecule has 0 saturated carbocycles. The van der Waals surface area contributed by atoms with Gasteiger partial charge in [0.15, 0.2) is 0 Å². The minimum Gasteiger partial charge on any atom is -0.488 e. The van der Waals surface area contributed by atoms with Crippen molar-refractivity contribution in [3.63, 3.8) is 0 Å². The van der Waals surface area contributed by atoms with Gasteiger partial charge >= 0.3 is 0 Å². The predicted molar refractivity (Wildman–Crippen MR) is 57.8 cm³/mol. The van der Waals surface area contributed by atoms with Crippen LogP contribution in [-0.2, 0) is 6.42 Å². The third-order valence-electron chi connectivity index (χ3n) is 2.46. The Hall–Kier alpha value is -0.930. The molecule has 1 aliphatic rings. The van der Waals surface area contributed by atoms with Crippen LogP contribution in [0.4, 0.5) is 5.69 Å². The monoisotopic (exact) mass is 212 g/mol. The molecule has 0 amide bonds. The number of ether oxygens (including phenoxy) is 1. The molecule has 0 bridgehead atoms. The molecule has 14 heavy (non-hydrogen) atoms. The van der Waals surface area contributed by atoms with Gasteiger partial charge in [-0.3, -0.25) is 5.84 Å². The molecule has 0 radical (unpaired) electrons. The van der Waals surface area contributed by atoms with Crippen LogP contribution in [0.15, 0.2) is 6.07 Å². The summed E-state index contributed by atoms with van der Waals surface area (Å²) in [4.78, 5) is 0. The van der Waals surface area contributed by atoms with Gasteiger partial charge in [-0.05, 0) is 25.5 Å². The summed E-state index contributed by atoms with van der Waals surface area (Å²) < 4.78 is 5.64. The van der Waals surface area contributed by atoms with Gasteiger partial charge in [0.25, 0.3) is 0 Å². The maximum atomic E-state index is 6.18. The van der Waals surface area contributed by atoms with Gasteiger partial charge in [0.2, 0.25) is 0 Å². The first-order valence-electron chi connectivity index (χ1n) is 4.58. The molecule has 3 nitrogen and oxygen atoms in total. The van der Waals surface area contributed by atoms with Crippen molar-refractivity contribution in [2.45, 2.75) is 26.4 Å². The Labute approximate surface area is 88.2 Å². The molecular weight excluding hydrogens is 200 g/mol. The quantitative estimate of drug-likeness (QED) is 0.555. The lowest BCUT2D eigenvalue weighted by Gasteiger charge is -2.10. The van der Waals surface area contributed by atoms with Crippen LogP contribution in [-0.4, -0.2) is 6.10 Å². The Morgan fingerprint density at radius 2 is 2.36 bits per heavy atom. The van der Waals surface area contributed by atoms with Crippen LogP contribution in [0.5, 0.6) is 5.75 Å². The molecule has 1 unspecified atom stereocenters. The molecule has 0 spiro atoms. The number of anilines is 1. The van der Waals surface area contributed by atoms with Crippen molar-refractivity contribution in [3.8, 4) is 5.75 Å². The Morgan fingerprint density at radius 1 is 1.64 bits per heavy atom. The zero-order valence-corrected chi connectivity index (χ0v) is 8.98. The molecule has 0 aliphatic carbocycles. The van der Waals surface area contributed by atoms with Crippen LogP contribution in [0, 0.1) is 6.92 Å². The van der Waals surface area contributed by atoms with E-state index >= 15 is 0 Å². The van der Waals surface area contributed by atoms with E-state index in [0.29, 0.717) is 0 Å². The first-order valence-corrected chi connectivity index (χ1v) is 4.96. The molecule has 1 atom stereocenters. The summed E-state index contributed by atoms with van der Waals surface area (Å²) in [6, 6.07) is 1.90. The van der Waals surface area contributed by atoms with E-state index in [-0.39, 0.29) is 6.10 Å². The van der Waals surface area contributed by atoms with Crippen molar-refractivity contribution >= 4 is 17.3 Å².